The van der Waals surface area contributed by atoms with Gasteiger partial charge in [-0.15, -0.1) is 6.58 Å². The number of fused-ring (bicyclic) bond motifs is 5. The number of hydrogen-bond donors (Lipinski definition) is 4. The van der Waals surface area contributed by atoms with Gasteiger partial charge in [0.2, 0.25) is 23.6 Å². The summed E-state index contributed by atoms with van der Waals surface area (Å²) in [4.78, 5) is 76.4. The number of likely N-dealkylation sites (N-methyl/N-ethyl adjacent to an activating group) is 1. The quantitative estimate of drug-likeness (QED) is 0.244. The van der Waals surface area contributed by atoms with Gasteiger partial charge < -0.3 is 20.9 Å². The van der Waals surface area contributed by atoms with Crippen molar-refractivity contribution in [3.63, 3.8) is 0 Å². The first-order valence-electron chi connectivity index (χ1n) is 21.5. The van der Waals surface area contributed by atoms with Crippen molar-refractivity contribution in [2.75, 3.05) is 26.7 Å². The Hall–Kier alpha value is -3.04. The zero-order valence-corrected chi connectivity index (χ0v) is 36.2. The number of nitrogens with zero attached hydrogens (tertiary/aromatic N) is 3. The second-order valence-corrected chi connectivity index (χ2v) is 21.9. The van der Waals surface area contributed by atoms with E-state index >= 15 is 4.79 Å². The number of nitrogens with one attached hydrogen (secondary N) is 4. The Labute approximate surface area is 339 Å². The SMILES string of the molecule is C=C[C@@H]1C[C@]1(NC(=O)[C@@H]1C[C@@]23CN1C(=O)[C@H](C(C)(C)C)NC(=O)[C@@H](NC(=O)[C@@H]1CCCN1CC)C1CCCC(C1)C2(C)C31CCC1)C(=O)NS(=O)(=O)N(C)C(C)C. The van der Waals surface area contributed by atoms with Gasteiger partial charge in [-0.2, -0.15) is 12.7 Å². The third-order valence-electron chi connectivity index (χ3n) is 16.4. The summed E-state index contributed by atoms with van der Waals surface area (Å²) in [5, 5.41) is 9.33. The minimum Gasteiger partial charge on any atom is -0.343 e. The molecule has 5 amide bonds. The van der Waals surface area contributed by atoms with E-state index in [1.807, 2.05) is 27.7 Å². The van der Waals surface area contributed by atoms with Crippen LogP contribution in [0.25, 0.3) is 0 Å². The van der Waals surface area contributed by atoms with E-state index in [4.69, 9.17) is 0 Å². The number of carbonyl (C=O) groups is 5. The van der Waals surface area contributed by atoms with Crippen molar-refractivity contribution < 1.29 is 32.4 Å². The van der Waals surface area contributed by atoms with Gasteiger partial charge in [-0.3, -0.25) is 28.9 Å². The topological polar surface area (TPSA) is 177 Å². The predicted octanol–water partition coefficient (Wildman–Crippen LogP) is 2.85. The molecule has 0 aromatic rings. The zero-order valence-electron chi connectivity index (χ0n) is 35.4. The molecule has 3 heterocycles. The van der Waals surface area contributed by atoms with E-state index in [1.165, 1.54) is 7.05 Å². The van der Waals surface area contributed by atoms with Crippen LogP contribution in [0.1, 0.15) is 119 Å². The van der Waals surface area contributed by atoms with Gasteiger partial charge in [0.05, 0.1) is 6.04 Å². The molecule has 3 unspecified atom stereocenters. The van der Waals surface area contributed by atoms with E-state index in [0.717, 1.165) is 75.2 Å². The van der Waals surface area contributed by atoms with Gasteiger partial charge in [0.1, 0.15) is 23.7 Å². The van der Waals surface area contributed by atoms with Crippen LogP contribution in [0.15, 0.2) is 12.7 Å². The van der Waals surface area contributed by atoms with Crippen LogP contribution in [0.5, 0.6) is 0 Å². The molecular weight excluding hydrogens is 747 g/mol. The van der Waals surface area contributed by atoms with Crippen molar-refractivity contribution in [1.29, 1.82) is 0 Å². The smallest absolute Gasteiger partial charge is 0.303 e. The third kappa shape index (κ3) is 6.37. The number of likely N-dealkylation sites (tertiary alicyclic amines) is 1. The van der Waals surface area contributed by atoms with Gasteiger partial charge in [-0.05, 0) is 113 Å². The molecule has 7 aliphatic rings. The zero-order chi connectivity index (χ0) is 41.7. The van der Waals surface area contributed by atoms with Crippen LogP contribution >= 0.6 is 0 Å². The molecular formula is C42H67N7O7S. The van der Waals surface area contributed by atoms with Crippen LogP contribution < -0.4 is 20.7 Å². The maximum atomic E-state index is 15.2. The molecule has 0 aromatic heterocycles. The molecule has 0 radical (unpaired) electrons. The van der Waals surface area contributed by atoms with Crippen molar-refractivity contribution in [1.82, 2.24) is 34.8 Å². The predicted molar refractivity (Wildman–Crippen MR) is 215 cm³/mol. The summed E-state index contributed by atoms with van der Waals surface area (Å²) >= 11 is 0. The van der Waals surface area contributed by atoms with Gasteiger partial charge in [0.15, 0.2) is 0 Å². The third-order valence-corrected chi connectivity index (χ3v) is 18.0. The van der Waals surface area contributed by atoms with Gasteiger partial charge >= 0.3 is 10.2 Å². The Balaban J connectivity index is 1.24. The standard InChI is InChI=1S/C42H67N7O7S/c1-10-27-22-42(27,37(54)46-57(55,56)47(9)25(3)4)45-34(51)30-23-41-24-49(30)36(53)32(38(5,6)7)44-35(52)31(43-33(50)29-17-13-20-48(29)11-2)26-15-12-16-28(21-26)39(41,8)40(41)18-14-19-40/h10,25-32H,1,11-24H2,2-9H3,(H,43,50)(H,44,52)(H,45,51)(H,46,54)/t26?,27-,28?,29+,30+,31+,32-,39?,41-,42-/m1/s1. The van der Waals surface area contributed by atoms with E-state index < -0.39 is 63.1 Å². The minimum absolute atomic E-state index is 0.0686. The Kier molecular flexibility index (Phi) is 10.6. The molecule has 4 bridgehead atoms. The molecule has 3 aliphatic heterocycles. The monoisotopic (exact) mass is 813 g/mol. The average molecular weight is 814 g/mol. The minimum atomic E-state index is -4.20. The summed E-state index contributed by atoms with van der Waals surface area (Å²) in [5.41, 5.74) is -2.92. The second-order valence-electron chi connectivity index (χ2n) is 20.2. The maximum absolute atomic E-state index is 15.2. The lowest BCUT2D eigenvalue weighted by atomic mass is 9.65. The fourth-order valence-corrected chi connectivity index (χ4v) is 13.7. The van der Waals surface area contributed by atoms with Crippen molar-refractivity contribution in [2.45, 2.75) is 155 Å². The van der Waals surface area contributed by atoms with Crippen molar-refractivity contribution in [2.24, 2.45) is 39.4 Å². The van der Waals surface area contributed by atoms with Gasteiger partial charge in [0, 0.05) is 31.0 Å². The Bertz CT molecular complexity index is 1810. The molecule has 15 heteroatoms. The molecule has 3 saturated heterocycles. The molecule has 7 fully saturated rings. The van der Waals surface area contributed by atoms with E-state index in [9.17, 15) is 27.6 Å². The number of rotatable bonds is 10. The fraction of sp³-hybridized carbons (Fsp3) is 0.833. The number of carbonyl (C=O) groups excluding carboxylic acids is 5. The lowest BCUT2D eigenvalue weighted by molar-refractivity contribution is -0.145. The molecule has 318 valence electrons. The molecule has 7 rings (SSSR count). The molecule has 4 saturated carbocycles. The van der Waals surface area contributed by atoms with Gasteiger partial charge in [-0.25, -0.2) is 4.72 Å². The molecule has 0 aromatic carbocycles. The summed E-state index contributed by atoms with van der Waals surface area (Å²) < 4.78 is 29.5. The summed E-state index contributed by atoms with van der Waals surface area (Å²) in [7, 11) is -2.82. The molecule has 2 spiro atoms. The highest BCUT2D eigenvalue weighted by molar-refractivity contribution is 7.87. The van der Waals surface area contributed by atoms with Crippen LogP contribution in [-0.4, -0.2) is 114 Å². The summed E-state index contributed by atoms with van der Waals surface area (Å²) in [6.45, 7) is 19.3. The molecule has 14 nitrogen and oxygen atoms in total. The van der Waals surface area contributed by atoms with Crippen LogP contribution in [0, 0.1) is 39.4 Å². The van der Waals surface area contributed by atoms with Crippen LogP contribution in [-0.2, 0) is 34.2 Å². The molecule has 4 N–H and O–H groups in total. The number of hydrogen-bond acceptors (Lipinski definition) is 8. The Morgan fingerprint density at radius 3 is 2.30 bits per heavy atom. The van der Waals surface area contributed by atoms with Crippen LogP contribution in [0.2, 0.25) is 0 Å². The van der Waals surface area contributed by atoms with E-state index in [-0.39, 0.29) is 58.3 Å². The van der Waals surface area contributed by atoms with E-state index in [0.29, 0.717) is 13.0 Å². The van der Waals surface area contributed by atoms with Gasteiger partial charge in [-0.1, -0.05) is 53.5 Å². The van der Waals surface area contributed by atoms with Crippen LogP contribution in [0.3, 0.4) is 0 Å². The normalized spacial score (nSPS) is 38.7. The highest BCUT2D eigenvalue weighted by atomic mass is 32.2. The first-order valence-corrected chi connectivity index (χ1v) is 23.0. The molecule has 57 heavy (non-hydrogen) atoms. The van der Waals surface area contributed by atoms with Crippen molar-refractivity contribution in [3.05, 3.63) is 12.7 Å². The van der Waals surface area contributed by atoms with Crippen molar-refractivity contribution >= 4 is 39.7 Å². The fourth-order valence-electron chi connectivity index (χ4n) is 12.6. The summed E-state index contributed by atoms with van der Waals surface area (Å²) in [6, 6.07) is -3.45. The summed E-state index contributed by atoms with van der Waals surface area (Å²) in [6.07, 6.45) is 10.4. The average Bonchev–Trinajstić information content (AvgIpc) is 3.69. The number of amides is 5. The van der Waals surface area contributed by atoms with Gasteiger partial charge in [0.25, 0.3) is 5.91 Å². The Morgan fingerprint density at radius 1 is 1.02 bits per heavy atom. The largest absolute Gasteiger partial charge is 0.343 e. The highest BCUT2D eigenvalue weighted by Gasteiger charge is 2.88. The second kappa shape index (κ2) is 14.3. The highest BCUT2D eigenvalue weighted by Crippen LogP contribution is 2.91. The van der Waals surface area contributed by atoms with E-state index in [2.05, 4.69) is 39.1 Å². The van der Waals surface area contributed by atoms with E-state index in [1.54, 1.807) is 24.8 Å². The lowest BCUT2D eigenvalue weighted by Crippen LogP contribution is -2.63. The molecule has 10 atom stereocenters. The lowest BCUT2D eigenvalue weighted by Gasteiger charge is -2.42. The first kappa shape index (κ1) is 42.1. The maximum Gasteiger partial charge on any atom is 0.303 e. The van der Waals surface area contributed by atoms with Crippen LogP contribution in [0.4, 0.5) is 0 Å². The van der Waals surface area contributed by atoms with Crippen molar-refractivity contribution in [3.8, 4) is 0 Å². The molecule has 4 aliphatic carbocycles. The first-order chi connectivity index (χ1) is 26.6. The Morgan fingerprint density at radius 2 is 1.72 bits per heavy atom. The summed E-state index contributed by atoms with van der Waals surface area (Å²) in [5.74, 6) is -2.58.